The molecule has 0 radical (unpaired) electrons. The van der Waals surface area contributed by atoms with Gasteiger partial charge in [0, 0.05) is 0 Å². The van der Waals surface area contributed by atoms with Crippen molar-refractivity contribution in [2.75, 3.05) is 25.7 Å². The van der Waals surface area contributed by atoms with E-state index in [1.807, 2.05) is 24.8 Å². The number of thioether (sulfide) groups is 1. The molecule has 0 fully saturated rings. The molecule has 1 rings (SSSR count). The van der Waals surface area contributed by atoms with E-state index >= 15 is 0 Å². The van der Waals surface area contributed by atoms with Crippen LogP contribution in [0.5, 0.6) is 0 Å². The molecule has 18 heavy (non-hydrogen) atoms. The van der Waals surface area contributed by atoms with Crippen LogP contribution in [0.15, 0.2) is 16.5 Å². The average Bonchev–Trinajstić information content (AvgIpc) is 2.87. The number of carbonyl (C=O) groups is 1. The minimum absolute atomic E-state index is 0.109. The van der Waals surface area contributed by atoms with Crippen molar-refractivity contribution in [1.29, 1.82) is 0 Å². The van der Waals surface area contributed by atoms with Crippen LogP contribution in [-0.4, -0.2) is 31.6 Å². The van der Waals surface area contributed by atoms with Gasteiger partial charge in [-0.3, -0.25) is 0 Å². The van der Waals surface area contributed by atoms with E-state index in [1.165, 1.54) is 19.3 Å². The topological polar surface area (TPSA) is 51.5 Å². The standard InChI is InChI=1S/C13H21NO3S/c1-10(14-8-4-5-9-18-3)11-6-7-12(17-11)13(15)16-2/h6-7,10,14H,4-5,8-9H2,1-3H3. The molecule has 102 valence electrons. The van der Waals surface area contributed by atoms with Crippen molar-refractivity contribution in [2.45, 2.75) is 25.8 Å². The first-order valence-electron chi connectivity index (χ1n) is 6.09. The van der Waals surface area contributed by atoms with Gasteiger partial charge in [0.2, 0.25) is 5.76 Å². The largest absolute Gasteiger partial charge is 0.463 e. The molecule has 5 heteroatoms. The summed E-state index contributed by atoms with van der Waals surface area (Å²) in [7, 11) is 1.35. The molecule has 1 atom stereocenters. The second kappa shape index (κ2) is 8.21. The fraction of sp³-hybridized carbons (Fsp3) is 0.615. The van der Waals surface area contributed by atoms with E-state index in [-0.39, 0.29) is 11.8 Å². The quantitative estimate of drug-likeness (QED) is 0.582. The number of methoxy groups -OCH3 is 1. The molecule has 0 spiro atoms. The minimum atomic E-state index is -0.437. The van der Waals surface area contributed by atoms with Gasteiger partial charge in [0.25, 0.3) is 0 Å². The van der Waals surface area contributed by atoms with Crippen LogP contribution in [0, 0.1) is 0 Å². The van der Waals surface area contributed by atoms with Gasteiger partial charge in [0.15, 0.2) is 0 Å². The SMILES string of the molecule is COC(=O)c1ccc(C(C)NCCCCSC)o1. The Morgan fingerprint density at radius 3 is 2.94 bits per heavy atom. The van der Waals surface area contributed by atoms with E-state index in [4.69, 9.17) is 4.42 Å². The number of esters is 1. The van der Waals surface area contributed by atoms with E-state index in [0.29, 0.717) is 0 Å². The molecule has 0 aromatic carbocycles. The van der Waals surface area contributed by atoms with Gasteiger partial charge in [0.05, 0.1) is 13.2 Å². The van der Waals surface area contributed by atoms with Crippen LogP contribution in [0.25, 0.3) is 0 Å². The number of ether oxygens (including phenoxy) is 1. The van der Waals surface area contributed by atoms with Crippen LogP contribution >= 0.6 is 11.8 Å². The third-order valence-corrected chi connectivity index (χ3v) is 3.36. The Morgan fingerprint density at radius 1 is 1.50 bits per heavy atom. The molecule has 0 saturated heterocycles. The van der Waals surface area contributed by atoms with Crippen LogP contribution in [0.3, 0.4) is 0 Å². The fourth-order valence-corrected chi connectivity index (χ4v) is 2.08. The number of hydrogen-bond acceptors (Lipinski definition) is 5. The maximum absolute atomic E-state index is 11.2. The lowest BCUT2D eigenvalue weighted by molar-refractivity contribution is 0.0562. The molecule has 1 heterocycles. The number of carbonyl (C=O) groups excluding carboxylic acids is 1. The number of nitrogens with one attached hydrogen (secondary N) is 1. The fourth-order valence-electron chi connectivity index (χ4n) is 1.59. The zero-order valence-electron chi connectivity index (χ0n) is 11.2. The van der Waals surface area contributed by atoms with Gasteiger partial charge in [-0.05, 0) is 50.5 Å². The van der Waals surface area contributed by atoms with Gasteiger partial charge < -0.3 is 14.5 Å². The summed E-state index contributed by atoms with van der Waals surface area (Å²) in [5.41, 5.74) is 0. The lowest BCUT2D eigenvalue weighted by atomic mass is 10.2. The summed E-state index contributed by atoms with van der Waals surface area (Å²) in [6, 6.07) is 3.57. The summed E-state index contributed by atoms with van der Waals surface area (Å²) in [6.07, 6.45) is 4.48. The zero-order valence-corrected chi connectivity index (χ0v) is 12.0. The minimum Gasteiger partial charge on any atom is -0.463 e. The first-order valence-corrected chi connectivity index (χ1v) is 7.48. The Bertz CT molecular complexity index is 365. The Morgan fingerprint density at radius 2 is 2.28 bits per heavy atom. The van der Waals surface area contributed by atoms with E-state index in [9.17, 15) is 4.79 Å². The molecule has 4 nitrogen and oxygen atoms in total. The van der Waals surface area contributed by atoms with Crippen LogP contribution in [0.2, 0.25) is 0 Å². The molecule has 1 N–H and O–H groups in total. The molecular weight excluding hydrogens is 250 g/mol. The van der Waals surface area contributed by atoms with Crippen LogP contribution in [-0.2, 0) is 4.74 Å². The van der Waals surface area contributed by atoms with Crippen molar-refractivity contribution in [3.63, 3.8) is 0 Å². The molecule has 1 unspecified atom stereocenters. The van der Waals surface area contributed by atoms with Crippen molar-refractivity contribution in [3.8, 4) is 0 Å². The molecule has 1 aromatic heterocycles. The third-order valence-electron chi connectivity index (χ3n) is 2.67. The van der Waals surface area contributed by atoms with Crippen molar-refractivity contribution in [3.05, 3.63) is 23.7 Å². The van der Waals surface area contributed by atoms with Crippen LogP contribution in [0.1, 0.15) is 42.1 Å². The number of rotatable bonds is 8. The summed E-state index contributed by atoms with van der Waals surface area (Å²) in [5.74, 6) is 1.78. The van der Waals surface area contributed by atoms with Gasteiger partial charge >= 0.3 is 5.97 Å². The molecule has 0 aliphatic rings. The van der Waals surface area contributed by atoms with E-state index in [1.54, 1.807) is 6.07 Å². The lowest BCUT2D eigenvalue weighted by Gasteiger charge is -2.10. The van der Waals surface area contributed by atoms with E-state index < -0.39 is 5.97 Å². The predicted octanol–water partition coefficient (Wildman–Crippen LogP) is 2.86. The highest BCUT2D eigenvalue weighted by Gasteiger charge is 2.14. The smallest absolute Gasteiger partial charge is 0.373 e. The first kappa shape index (κ1) is 15.1. The Hall–Kier alpha value is -0.940. The normalized spacial score (nSPS) is 12.4. The molecule has 0 amide bonds. The molecular formula is C13H21NO3S. The van der Waals surface area contributed by atoms with Gasteiger partial charge in [-0.1, -0.05) is 0 Å². The van der Waals surface area contributed by atoms with Gasteiger partial charge in [-0.15, -0.1) is 0 Å². The third kappa shape index (κ3) is 4.74. The average molecular weight is 271 g/mol. The Balaban J connectivity index is 2.35. The summed E-state index contributed by atoms with van der Waals surface area (Å²) in [5, 5.41) is 3.37. The lowest BCUT2D eigenvalue weighted by Crippen LogP contribution is -2.19. The highest BCUT2D eigenvalue weighted by atomic mass is 32.2. The predicted molar refractivity (Wildman–Crippen MR) is 74.1 cm³/mol. The molecule has 0 aliphatic carbocycles. The highest BCUT2D eigenvalue weighted by molar-refractivity contribution is 7.98. The summed E-state index contributed by atoms with van der Waals surface area (Å²) < 4.78 is 10.0. The number of furan rings is 1. The highest BCUT2D eigenvalue weighted by Crippen LogP contribution is 2.16. The van der Waals surface area contributed by atoms with E-state index in [0.717, 1.165) is 18.7 Å². The Kier molecular flexibility index (Phi) is 6.90. The Labute approximate surface area is 112 Å². The summed E-state index contributed by atoms with van der Waals surface area (Å²) >= 11 is 1.87. The molecule has 1 aromatic rings. The molecule has 0 aliphatic heterocycles. The van der Waals surface area contributed by atoms with Crippen molar-refractivity contribution >= 4 is 17.7 Å². The summed E-state index contributed by atoms with van der Waals surface area (Å²) in [4.78, 5) is 11.2. The van der Waals surface area contributed by atoms with E-state index in [2.05, 4.69) is 16.3 Å². The maximum atomic E-state index is 11.2. The van der Waals surface area contributed by atoms with Gasteiger partial charge in [0.1, 0.15) is 5.76 Å². The van der Waals surface area contributed by atoms with Crippen molar-refractivity contribution < 1.29 is 13.9 Å². The number of hydrogen-bond donors (Lipinski definition) is 1. The maximum Gasteiger partial charge on any atom is 0.373 e. The number of unbranched alkanes of at least 4 members (excludes halogenated alkanes) is 1. The van der Waals surface area contributed by atoms with Crippen LogP contribution < -0.4 is 5.32 Å². The molecule has 0 saturated carbocycles. The molecule has 0 bridgehead atoms. The second-order valence-electron chi connectivity index (χ2n) is 4.07. The van der Waals surface area contributed by atoms with Crippen LogP contribution in [0.4, 0.5) is 0 Å². The summed E-state index contributed by atoms with van der Waals surface area (Å²) in [6.45, 7) is 2.98. The monoisotopic (exact) mass is 271 g/mol. The second-order valence-corrected chi connectivity index (χ2v) is 5.05. The van der Waals surface area contributed by atoms with Crippen molar-refractivity contribution in [2.24, 2.45) is 0 Å². The van der Waals surface area contributed by atoms with Gasteiger partial charge in [-0.25, -0.2) is 4.79 Å². The van der Waals surface area contributed by atoms with Gasteiger partial charge in [-0.2, -0.15) is 11.8 Å². The zero-order chi connectivity index (χ0) is 13.4. The first-order chi connectivity index (χ1) is 8.69. The van der Waals surface area contributed by atoms with Crippen molar-refractivity contribution in [1.82, 2.24) is 5.32 Å².